The lowest BCUT2D eigenvalue weighted by molar-refractivity contribution is 0.148. The number of methoxy groups -OCH3 is 2. The summed E-state index contributed by atoms with van der Waals surface area (Å²) >= 11 is 0. The van der Waals surface area contributed by atoms with Crippen LogP contribution in [0.1, 0.15) is 36.1 Å². The summed E-state index contributed by atoms with van der Waals surface area (Å²) in [7, 11) is 3.31. The highest BCUT2D eigenvalue weighted by atomic mass is 19.1. The first-order valence-corrected chi connectivity index (χ1v) is 9.06. The molecule has 0 saturated heterocycles. The summed E-state index contributed by atoms with van der Waals surface area (Å²) in [5.74, 6) is 1.27. The van der Waals surface area contributed by atoms with E-state index in [-0.39, 0.29) is 17.9 Å². The molecule has 2 aromatic carbocycles. The maximum Gasteiger partial charge on any atom is 0.161 e. The maximum absolute atomic E-state index is 13.2. The van der Waals surface area contributed by atoms with Crippen LogP contribution in [0.15, 0.2) is 36.4 Å². The Balaban J connectivity index is 1.96. The van der Waals surface area contributed by atoms with Gasteiger partial charge in [-0.3, -0.25) is 4.90 Å². The average molecular weight is 358 g/mol. The highest BCUT2D eigenvalue weighted by molar-refractivity contribution is 5.50. The fourth-order valence-electron chi connectivity index (χ4n) is 3.75. The van der Waals surface area contributed by atoms with Crippen molar-refractivity contribution >= 4 is 0 Å². The van der Waals surface area contributed by atoms with Crippen LogP contribution < -0.4 is 15.2 Å². The van der Waals surface area contributed by atoms with Crippen LogP contribution >= 0.6 is 0 Å². The molecule has 26 heavy (non-hydrogen) atoms. The monoisotopic (exact) mass is 358 g/mol. The van der Waals surface area contributed by atoms with Crippen LogP contribution in [0.5, 0.6) is 11.5 Å². The van der Waals surface area contributed by atoms with Gasteiger partial charge in [0.05, 0.1) is 20.3 Å². The summed E-state index contributed by atoms with van der Waals surface area (Å²) in [6.45, 7) is 3.75. The first kappa shape index (κ1) is 18.7. The van der Waals surface area contributed by atoms with Crippen molar-refractivity contribution in [1.82, 2.24) is 4.90 Å². The van der Waals surface area contributed by atoms with Crippen molar-refractivity contribution in [1.29, 1.82) is 0 Å². The second-order valence-corrected chi connectivity index (χ2v) is 6.77. The SMILES string of the molecule is CC[C@H](N)[C@H]1c2cc(OC)c(OC)cc2CCN1Cc1ccc(F)cc1. The lowest BCUT2D eigenvalue weighted by Crippen LogP contribution is -2.44. The largest absolute Gasteiger partial charge is 0.493 e. The molecule has 1 heterocycles. The molecule has 5 heteroatoms. The molecule has 0 aromatic heterocycles. The molecule has 0 bridgehead atoms. The van der Waals surface area contributed by atoms with Gasteiger partial charge in [-0.1, -0.05) is 19.1 Å². The average Bonchev–Trinajstić information content (AvgIpc) is 2.67. The van der Waals surface area contributed by atoms with Gasteiger partial charge in [-0.25, -0.2) is 4.39 Å². The van der Waals surface area contributed by atoms with E-state index in [4.69, 9.17) is 15.2 Å². The van der Waals surface area contributed by atoms with Gasteiger partial charge in [-0.05, 0) is 53.8 Å². The van der Waals surface area contributed by atoms with E-state index in [1.165, 1.54) is 23.3 Å². The molecule has 0 amide bonds. The Kier molecular flexibility index (Phi) is 5.79. The number of hydrogen-bond acceptors (Lipinski definition) is 4. The molecule has 4 nitrogen and oxygen atoms in total. The van der Waals surface area contributed by atoms with Crippen molar-refractivity contribution in [2.75, 3.05) is 20.8 Å². The molecule has 0 radical (unpaired) electrons. The van der Waals surface area contributed by atoms with Gasteiger partial charge in [0.2, 0.25) is 0 Å². The molecule has 0 saturated carbocycles. The second kappa shape index (κ2) is 8.06. The summed E-state index contributed by atoms with van der Waals surface area (Å²) in [4.78, 5) is 2.38. The third-order valence-electron chi connectivity index (χ3n) is 5.20. The molecule has 0 spiro atoms. The molecule has 1 aliphatic rings. The van der Waals surface area contributed by atoms with Gasteiger partial charge in [-0.15, -0.1) is 0 Å². The van der Waals surface area contributed by atoms with Crippen molar-refractivity contribution in [3.63, 3.8) is 0 Å². The van der Waals surface area contributed by atoms with Crippen LogP contribution in [0, 0.1) is 5.82 Å². The lowest BCUT2D eigenvalue weighted by atomic mass is 9.86. The Bertz CT molecular complexity index is 748. The second-order valence-electron chi connectivity index (χ2n) is 6.77. The number of rotatable bonds is 6. The topological polar surface area (TPSA) is 47.7 Å². The van der Waals surface area contributed by atoms with E-state index in [1.54, 1.807) is 14.2 Å². The number of halogens is 1. The Labute approximate surface area is 154 Å². The fraction of sp³-hybridized carbons (Fsp3) is 0.429. The number of fused-ring (bicyclic) bond motifs is 1. The van der Waals surface area contributed by atoms with Crippen LogP contribution in [0.2, 0.25) is 0 Å². The Morgan fingerprint density at radius 2 is 1.81 bits per heavy atom. The highest BCUT2D eigenvalue weighted by Gasteiger charge is 2.32. The van der Waals surface area contributed by atoms with Crippen LogP contribution in [-0.4, -0.2) is 31.7 Å². The summed E-state index contributed by atoms with van der Waals surface area (Å²) in [6, 6.07) is 10.9. The van der Waals surface area contributed by atoms with Crippen LogP contribution in [-0.2, 0) is 13.0 Å². The van der Waals surface area contributed by atoms with Crippen molar-refractivity contribution in [2.24, 2.45) is 5.73 Å². The van der Waals surface area contributed by atoms with Crippen molar-refractivity contribution in [3.8, 4) is 11.5 Å². The van der Waals surface area contributed by atoms with Gasteiger partial charge >= 0.3 is 0 Å². The number of hydrogen-bond donors (Lipinski definition) is 1. The van der Waals surface area contributed by atoms with Crippen LogP contribution in [0.25, 0.3) is 0 Å². The quantitative estimate of drug-likeness (QED) is 0.856. The van der Waals surface area contributed by atoms with E-state index >= 15 is 0 Å². The van der Waals surface area contributed by atoms with Gasteiger partial charge in [-0.2, -0.15) is 0 Å². The zero-order valence-corrected chi connectivity index (χ0v) is 15.7. The zero-order chi connectivity index (χ0) is 18.7. The summed E-state index contributed by atoms with van der Waals surface area (Å²) in [5, 5.41) is 0. The first-order valence-electron chi connectivity index (χ1n) is 9.06. The third kappa shape index (κ3) is 3.69. The van der Waals surface area contributed by atoms with Gasteiger partial charge in [0.1, 0.15) is 5.82 Å². The van der Waals surface area contributed by atoms with E-state index in [0.29, 0.717) is 0 Å². The lowest BCUT2D eigenvalue weighted by Gasteiger charge is -2.40. The summed E-state index contributed by atoms with van der Waals surface area (Å²) < 4.78 is 24.2. The molecule has 2 aromatic rings. The fourth-order valence-corrected chi connectivity index (χ4v) is 3.75. The molecular formula is C21H27FN2O2. The van der Waals surface area contributed by atoms with Crippen molar-refractivity contribution in [2.45, 2.75) is 38.4 Å². The summed E-state index contributed by atoms with van der Waals surface area (Å²) in [6.07, 6.45) is 1.79. The minimum atomic E-state index is -0.212. The van der Waals surface area contributed by atoms with Crippen LogP contribution in [0.3, 0.4) is 0 Å². The van der Waals surface area contributed by atoms with Crippen molar-refractivity contribution in [3.05, 3.63) is 58.9 Å². The molecule has 0 unspecified atom stereocenters. The maximum atomic E-state index is 13.2. The van der Waals surface area contributed by atoms with Gasteiger partial charge in [0.25, 0.3) is 0 Å². The molecule has 2 N–H and O–H groups in total. The van der Waals surface area contributed by atoms with E-state index < -0.39 is 0 Å². The van der Waals surface area contributed by atoms with Gasteiger partial charge in [0, 0.05) is 19.1 Å². The first-order chi connectivity index (χ1) is 12.6. The molecule has 3 rings (SSSR count). The standard InChI is InChI=1S/C21H27FN2O2/c1-4-18(23)21-17-12-20(26-3)19(25-2)11-15(17)9-10-24(21)13-14-5-7-16(22)8-6-14/h5-8,11-12,18,21H,4,9-10,13,23H2,1-3H3/t18-,21+/m0/s1. The Morgan fingerprint density at radius 1 is 1.15 bits per heavy atom. The normalized spacial score (nSPS) is 18.3. The summed E-state index contributed by atoms with van der Waals surface area (Å²) in [5.41, 5.74) is 10.1. The van der Waals surface area contributed by atoms with E-state index in [2.05, 4.69) is 24.0 Å². The van der Waals surface area contributed by atoms with Gasteiger partial charge < -0.3 is 15.2 Å². The number of ether oxygens (including phenoxy) is 2. The van der Waals surface area contributed by atoms with E-state index in [9.17, 15) is 4.39 Å². The van der Waals surface area contributed by atoms with E-state index in [1.807, 2.05) is 12.1 Å². The number of nitrogens with zero attached hydrogens (tertiary/aromatic N) is 1. The van der Waals surface area contributed by atoms with E-state index in [0.717, 1.165) is 43.0 Å². The smallest absolute Gasteiger partial charge is 0.161 e. The number of benzene rings is 2. The predicted octanol–water partition coefficient (Wildman–Crippen LogP) is 3.68. The molecule has 0 aliphatic carbocycles. The van der Waals surface area contributed by atoms with Gasteiger partial charge in [0.15, 0.2) is 11.5 Å². The molecule has 140 valence electrons. The predicted molar refractivity (Wildman–Crippen MR) is 101 cm³/mol. The number of nitrogens with two attached hydrogens (primary N) is 1. The Hall–Kier alpha value is -2.11. The third-order valence-corrected chi connectivity index (χ3v) is 5.20. The Morgan fingerprint density at radius 3 is 2.42 bits per heavy atom. The zero-order valence-electron chi connectivity index (χ0n) is 15.7. The molecule has 0 fully saturated rings. The van der Waals surface area contributed by atoms with Crippen LogP contribution in [0.4, 0.5) is 4.39 Å². The molecule has 1 aliphatic heterocycles. The molecule has 2 atom stereocenters. The minimum absolute atomic E-state index is 0.00704. The minimum Gasteiger partial charge on any atom is -0.493 e. The highest BCUT2D eigenvalue weighted by Crippen LogP contribution is 2.40. The van der Waals surface area contributed by atoms with Crippen molar-refractivity contribution < 1.29 is 13.9 Å². The molecular weight excluding hydrogens is 331 g/mol.